The molecule has 7 aromatic carbocycles. The number of aromatic nitrogens is 2. The van der Waals surface area contributed by atoms with Gasteiger partial charge in [-0.15, -0.1) is 0 Å². The van der Waals surface area contributed by atoms with Gasteiger partial charge in [0.25, 0.3) is 0 Å². The standard InChI is InChI=1S/C45H30N2S2/c1-45(2)35-16-8-6-14-29(35)32-26-39-34(25-36(32)45)31-21-23-42-44(49-41-19-11-10-18-40(41)48-42)43(31)47(39)28-20-22-38-33(24-28)30-15-7-9-17-37(30)46(38)27-12-4-3-5-13-27/h3-26H,1-2H3. The van der Waals surface area contributed by atoms with Crippen molar-refractivity contribution in [2.24, 2.45) is 0 Å². The molecule has 2 aromatic heterocycles. The van der Waals surface area contributed by atoms with Gasteiger partial charge in [-0.1, -0.05) is 116 Å². The van der Waals surface area contributed by atoms with E-state index in [0.717, 1.165) is 0 Å². The van der Waals surface area contributed by atoms with Crippen molar-refractivity contribution in [3.05, 3.63) is 157 Å². The van der Waals surface area contributed by atoms with Crippen LogP contribution in [0, 0.1) is 0 Å². The average molecular weight is 663 g/mol. The minimum atomic E-state index is -0.0650. The van der Waals surface area contributed by atoms with Crippen molar-refractivity contribution in [3.63, 3.8) is 0 Å². The van der Waals surface area contributed by atoms with Gasteiger partial charge in [0.1, 0.15) is 0 Å². The zero-order valence-corrected chi connectivity index (χ0v) is 28.7. The number of para-hydroxylation sites is 2. The van der Waals surface area contributed by atoms with Crippen LogP contribution in [0.1, 0.15) is 25.0 Å². The van der Waals surface area contributed by atoms with Crippen molar-refractivity contribution in [2.75, 3.05) is 0 Å². The maximum absolute atomic E-state index is 2.56. The second kappa shape index (κ2) is 9.94. The minimum Gasteiger partial charge on any atom is -0.309 e. The Morgan fingerprint density at radius 2 is 1.14 bits per heavy atom. The Morgan fingerprint density at radius 1 is 0.429 bits per heavy atom. The molecular weight excluding hydrogens is 633 g/mol. The zero-order chi connectivity index (χ0) is 32.4. The topological polar surface area (TPSA) is 9.86 Å². The Hall–Kier alpha value is -5.16. The van der Waals surface area contributed by atoms with Gasteiger partial charge in [-0.05, 0) is 89.0 Å². The van der Waals surface area contributed by atoms with Crippen LogP contribution in [0.25, 0.3) is 66.1 Å². The summed E-state index contributed by atoms with van der Waals surface area (Å²) >= 11 is 3.81. The zero-order valence-electron chi connectivity index (χ0n) is 27.1. The van der Waals surface area contributed by atoms with Crippen LogP contribution in [0.2, 0.25) is 0 Å². The Bertz CT molecular complexity index is 2860. The third kappa shape index (κ3) is 3.76. The van der Waals surface area contributed by atoms with Crippen molar-refractivity contribution in [3.8, 4) is 22.5 Å². The Kier molecular flexibility index (Phi) is 5.63. The second-order valence-corrected chi connectivity index (χ2v) is 15.9. The first-order chi connectivity index (χ1) is 24.1. The molecule has 2 nitrogen and oxygen atoms in total. The lowest BCUT2D eigenvalue weighted by Crippen LogP contribution is -2.14. The second-order valence-electron chi connectivity index (χ2n) is 13.8. The van der Waals surface area contributed by atoms with Crippen LogP contribution in [-0.2, 0) is 5.41 Å². The molecule has 0 amide bonds. The van der Waals surface area contributed by atoms with E-state index >= 15 is 0 Å². The van der Waals surface area contributed by atoms with Crippen LogP contribution < -0.4 is 0 Å². The molecule has 0 atom stereocenters. The maximum Gasteiger partial charge on any atom is 0.0692 e. The maximum atomic E-state index is 2.56. The van der Waals surface area contributed by atoms with Crippen molar-refractivity contribution in [1.82, 2.24) is 9.13 Å². The fourth-order valence-electron chi connectivity index (χ4n) is 8.50. The molecule has 0 N–H and O–H groups in total. The van der Waals surface area contributed by atoms with Crippen molar-refractivity contribution < 1.29 is 0 Å². The highest BCUT2D eigenvalue weighted by atomic mass is 32.2. The van der Waals surface area contributed by atoms with E-state index in [0.29, 0.717) is 0 Å². The smallest absolute Gasteiger partial charge is 0.0692 e. The molecule has 0 saturated carbocycles. The van der Waals surface area contributed by atoms with E-state index in [4.69, 9.17) is 0 Å². The molecule has 2 aliphatic rings. The first-order valence-corrected chi connectivity index (χ1v) is 18.5. The summed E-state index contributed by atoms with van der Waals surface area (Å²) in [5, 5.41) is 5.15. The quantitative estimate of drug-likeness (QED) is 0.182. The first-order valence-electron chi connectivity index (χ1n) is 16.9. The molecule has 9 aromatic rings. The monoisotopic (exact) mass is 662 g/mol. The van der Waals surface area contributed by atoms with Gasteiger partial charge >= 0.3 is 0 Å². The van der Waals surface area contributed by atoms with E-state index in [9.17, 15) is 0 Å². The van der Waals surface area contributed by atoms with Crippen molar-refractivity contribution >= 4 is 67.1 Å². The number of hydrogen-bond acceptors (Lipinski definition) is 2. The van der Waals surface area contributed by atoms with E-state index in [2.05, 4.69) is 169 Å². The molecule has 4 heteroatoms. The summed E-state index contributed by atoms with van der Waals surface area (Å²) in [6, 6.07) is 54.1. The Morgan fingerprint density at radius 3 is 2.02 bits per heavy atom. The molecule has 11 rings (SSSR count). The highest BCUT2D eigenvalue weighted by Gasteiger charge is 2.36. The van der Waals surface area contributed by atoms with E-state index in [1.807, 2.05) is 23.5 Å². The molecule has 0 bridgehead atoms. The van der Waals surface area contributed by atoms with E-state index in [-0.39, 0.29) is 5.41 Å². The fraction of sp³-hybridized carbons (Fsp3) is 0.0667. The number of fused-ring (bicyclic) bond motifs is 12. The summed E-state index contributed by atoms with van der Waals surface area (Å²) < 4.78 is 4.96. The molecule has 0 fully saturated rings. The molecule has 0 unspecified atom stereocenters. The van der Waals surface area contributed by atoms with Gasteiger partial charge in [0, 0.05) is 53.0 Å². The van der Waals surface area contributed by atoms with E-state index in [1.54, 1.807) is 0 Å². The summed E-state index contributed by atoms with van der Waals surface area (Å²) in [7, 11) is 0. The number of hydrogen-bond donors (Lipinski definition) is 0. The van der Waals surface area contributed by atoms with Crippen LogP contribution in [-0.4, -0.2) is 9.13 Å². The summed E-state index contributed by atoms with van der Waals surface area (Å²) in [5.74, 6) is 0. The lowest BCUT2D eigenvalue weighted by molar-refractivity contribution is 0.661. The van der Waals surface area contributed by atoms with Crippen LogP contribution in [0.4, 0.5) is 0 Å². The molecular formula is C45H30N2S2. The molecule has 0 radical (unpaired) electrons. The van der Waals surface area contributed by atoms with Crippen LogP contribution in [0.5, 0.6) is 0 Å². The van der Waals surface area contributed by atoms with Crippen molar-refractivity contribution in [1.29, 1.82) is 0 Å². The third-order valence-corrected chi connectivity index (χ3v) is 13.3. The lowest BCUT2D eigenvalue weighted by atomic mass is 9.82. The van der Waals surface area contributed by atoms with Gasteiger partial charge in [0.2, 0.25) is 0 Å². The Labute approximate surface area is 293 Å². The SMILES string of the molecule is CC1(C)c2ccccc2-c2cc3c(cc21)c1ccc2c(c1n3-c1ccc3c(c1)c1ccccc1n3-c1ccccc1)Sc1ccccc1S2. The highest BCUT2D eigenvalue weighted by Crippen LogP contribution is 2.55. The summed E-state index contributed by atoms with van der Waals surface area (Å²) in [6.45, 7) is 4.76. The molecule has 1 aliphatic heterocycles. The minimum absolute atomic E-state index is 0.0650. The lowest BCUT2D eigenvalue weighted by Gasteiger charge is -2.21. The third-order valence-electron chi connectivity index (χ3n) is 10.8. The molecule has 0 saturated heterocycles. The van der Waals surface area contributed by atoms with E-state index < -0.39 is 0 Å². The fourth-order valence-corrected chi connectivity index (χ4v) is 10.9. The molecule has 1 aliphatic carbocycles. The van der Waals surface area contributed by atoms with Gasteiger partial charge in [-0.2, -0.15) is 0 Å². The average Bonchev–Trinajstić information content (AvgIpc) is 3.73. The van der Waals surface area contributed by atoms with Gasteiger partial charge in [-0.3, -0.25) is 0 Å². The van der Waals surface area contributed by atoms with Crippen LogP contribution in [0.15, 0.2) is 165 Å². The molecule has 3 heterocycles. The van der Waals surface area contributed by atoms with E-state index in [1.165, 1.54) is 96.8 Å². The van der Waals surface area contributed by atoms with Gasteiger partial charge < -0.3 is 9.13 Å². The van der Waals surface area contributed by atoms with Crippen LogP contribution in [0.3, 0.4) is 0 Å². The molecule has 0 spiro atoms. The number of nitrogens with zero attached hydrogens (tertiary/aromatic N) is 2. The number of benzene rings is 7. The normalized spacial score (nSPS) is 14.3. The molecule has 49 heavy (non-hydrogen) atoms. The highest BCUT2D eigenvalue weighted by molar-refractivity contribution is 8.05. The largest absolute Gasteiger partial charge is 0.309 e. The molecule has 232 valence electrons. The van der Waals surface area contributed by atoms with Gasteiger partial charge in [0.15, 0.2) is 0 Å². The summed E-state index contributed by atoms with van der Waals surface area (Å²) in [6.07, 6.45) is 0. The van der Waals surface area contributed by atoms with Gasteiger partial charge in [0.05, 0.1) is 27.0 Å². The first kappa shape index (κ1) is 27.8. The number of rotatable bonds is 2. The van der Waals surface area contributed by atoms with Crippen molar-refractivity contribution in [2.45, 2.75) is 38.8 Å². The van der Waals surface area contributed by atoms with Gasteiger partial charge in [-0.25, -0.2) is 0 Å². The van der Waals surface area contributed by atoms with Crippen LogP contribution >= 0.6 is 23.5 Å². The predicted octanol–water partition coefficient (Wildman–Crippen LogP) is 12.8. The predicted molar refractivity (Wildman–Crippen MR) is 207 cm³/mol. The summed E-state index contributed by atoms with van der Waals surface area (Å²) in [5.41, 5.74) is 12.8. The Balaban J connectivity index is 1.26. The summed E-state index contributed by atoms with van der Waals surface area (Å²) in [4.78, 5) is 5.31.